The van der Waals surface area contributed by atoms with Crippen molar-refractivity contribution in [3.63, 3.8) is 0 Å². The molecule has 1 aromatic carbocycles. The van der Waals surface area contributed by atoms with Crippen molar-refractivity contribution >= 4 is 28.4 Å². The molecule has 112 valence electrons. The molecule has 0 aliphatic heterocycles. The number of nitrogens with zero attached hydrogens (tertiary/aromatic N) is 2. The van der Waals surface area contributed by atoms with E-state index in [1.807, 2.05) is 17.9 Å². The number of aromatic nitrogens is 1. The minimum Gasteiger partial charge on any atom is -0.318 e. The second-order valence-electron chi connectivity index (χ2n) is 4.90. The average Bonchev–Trinajstić information content (AvgIpc) is 2.91. The summed E-state index contributed by atoms with van der Waals surface area (Å²) in [6.45, 7) is 6.78. The first-order chi connectivity index (χ1) is 10.1. The van der Waals surface area contributed by atoms with Gasteiger partial charge in [0.15, 0.2) is 11.4 Å². The van der Waals surface area contributed by atoms with Gasteiger partial charge in [-0.2, -0.15) is 0 Å². The molecule has 2 rings (SSSR count). The Labute approximate surface area is 128 Å². The van der Waals surface area contributed by atoms with Gasteiger partial charge in [0.05, 0.1) is 10.6 Å². The molecule has 21 heavy (non-hydrogen) atoms. The largest absolute Gasteiger partial charge is 0.318 e. The van der Waals surface area contributed by atoms with E-state index in [1.54, 1.807) is 6.07 Å². The molecule has 0 radical (unpaired) electrons. The maximum absolute atomic E-state index is 13.4. The lowest BCUT2D eigenvalue weighted by Gasteiger charge is -2.19. The van der Waals surface area contributed by atoms with Gasteiger partial charge >= 0.3 is 0 Å². The van der Waals surface area contributed by atoms with E-state index in [-0.39, 0.29) is 11.7 Å². The molecular weight excluding hydrogens is 287 g/mol. The highest BCUT2D eigenvalue weighted by molar-refractivity contribution is 7.17. The zero-order valence-corrected chi connectivity index (χ0v) is 13.3. The summed E-state index contributed by atoms with van der Waals surface area (Å²) < 4.78 is 13.4. The van der Waals surface area contributed by atoms with E-state index < -0.39 is 0 Å². The van der Waals surface area contributed by atoms with E-state index in [0.29, 0.717) is 11.4 Å². The van der Waals surface area contributed by atoms with Crippen molar-refractivity contribution in [2.45, 2.75) is 33.1 Å². The normalized spacial score (nSPS) is 12.2. The number of benzene rings is 1. The Morgan fingerprint density at radius 2 is 2.19 bits per heavy atom. The Balaban J connectivity index is 2.43. The molecule has 0 amide bonds. The smallest absolute Gasteiger partial charge is 0.190 e. The Morgan fingerprint density at radius 3 is 2.76 bits per heavy atom. The molecule has 0 spiro atoms. The molecule has 0 fully saturated rings. The zero-order valence-electron chi connectivity index (χ0n) is 12.5. The lowest BCUT2D eigenvalue weighted by molar-refractivity contribution is 0.112. The number of halogens is 1. The van der Waals surface area contributed by atoms with E-state index in [0.717, 1.165) is 29.2 Å². The lowest BCUT2D eigenvalue weighted by atomic mass is 10.0. The van der Waals surface area contributed by atoms with Gasteiger partial charge in [-0.15, -0.1) is 0 Å². The van der Waals surface area contributed by atoms with Crippen LogP contribution < -0.4 is 4.90 Å². The van der Waals surface area contributed by atoms with Gasteiger partial charge in [-0.3, -0.25) is 4.79 Å². The van der Waals surface area contributed by atoms with Crippen LogP contribution in [-0.4, -0.2) is 17.8 Å². The molecule has 0 bridgehead atoms. The van der Waals surface area contributed by atoms with Crippen LogP contribution >= 0.6 is 11.3 Å². The molecule has 0 aliphatic rings. The van der Waals surface area contributed by atoms with Gasteiger partial charge in [-0.25, -0.2) is 9.37 Å². The monoisotopic (exact) mass is 306 g/mol. The molecule has 1 unspecified atom stereocenters. The first kappa shape index (κ1) is 15.6. The van der Waals surface area contributed by atoms with Gasteiger partial charge < -0.3 is 4.90 Å². The fourth-order valence-electron chi connectivity index (χ4n) is 2.15. The van der Waals surface area contributed by atoms with E-state index in [2.05, 4.69) is 18.8 Å². The minimum absolute atomic E-state index is 0.237. The van der Waals surface area contributed by atoms with Crippen molar-refractivity contribution in [3.8, 4) is 0 Å². The van der Waals surface area contributed by atoms with E-state index in [9.17, 15) is 9.18 Å². The van der Waals surface area contributed by atoms with Crippen molar-refractivity contribution in [3.05, 3.63) is 40.7 Å². The summed E-state index contributed by atoms with van der Waals surface area (Å²) >= 11 is 1.36. The number of hydrogen-bond acceptors (Lipinski definition) is 4. The molecule has 2 aromatic rings. The third-order valence-electron chi connectivity index (χ3n) is 3.52. The van der Waals surface area contributed by atoms with Crippen LogP contribution in [0.3, 0.4) is 0 Å². The summed E-state index contributed by atoms with van der Waals surface area (Å²) in [6.07, 6.45) is 1.79. The molecule has 5 heteroatoms. The predicted octanol–water partition coefficient (Wildman–Crippen LogP) is 4.77. The van der Waals surface area contributed by atoms with Crippen LogP contribution in [0.25, 0.3) is 0 Å². The van der Waals surface area contributed by atoms with Gasteiger partial charge in [-0.05, 0) is 37.5 Å². The van der Waals surface area contributed by atoms with Crippen molar-refractivity contribution in [1.29, 1.82) is 0 Å². The van der Waals surface area contributed by atoms with Crippen molar-refractivity contribution < 1.29 is 9.18 Å². The second kappa shape index (κ2) is 6.80. The van der Waals surface area contributed by atoms with E-state index in [4.69, 9.17) is 0 Å². The Kier molecular flexibility index (Phi) is 5.07. The number of aldehydes is 1. The number of carbonyl (C=O) groups is 1. The van der Waals surface area contributed by atoms with Crippen LogP contribution in [0.4, 0.5) is 15.2 Å². The zero-order chi connectivity index (χ0) is 15.4. The Hall–Kier alpha value is -1.75. The van der Waals surface area contributed by atoms with E-state index >= 15 is 0 Å². The number of hydrogen-bond donors (Lipinski definition) is 0. The lowest BCUT2D eigenvalue weighted by Crippen LogP contribution is -2.16. The highest BCUT2D eigenvalue weighted by Crippen LogP contribution is 2.34. The van der Waals surface area contributed by atoms with Gasteiger partial charge in [0.25, 0.3) is 0 Å². The predicted molar refractivity (Wildman–Crippen MR) is 85.3 cm³/mol. The number of anilines is 2. The third-order valence-corrected chi connectivity index (χ3v) is 4.54. The van der Waals surface area contributed by atoms with E-state index in [1.165, 1.54) is 23.5 Å². The summed E-state index contributed by atoms with van der Waals surface area (Å²) in [5, 5.41) is 0.737. The summed E-state index contributed by atoms with van der Waals surface area (Å²) in [4.78, 5) is 18.5. The molecule has 3 nitrogen and oxygen atoms in total. The molecule has 0 saturated carbocycles. The fourth-order valence-corrected chi connectivity index (χ4v) is 3.24. The molecule has 0 saturated heterocycles. The molecule has 0 N–H and O–H groups in total. The average molecular weight is 306 g/mol. The summed E-state index contributed by atoms with van der Waals surface area (Å²) in [6, 6.07) is 6.42. The molecule has 1 aromatic heterocycles. The quantitative estimate of drug-likeness (QED) is 0.721. The standard InChI is InChI=1S/C16H19FN2OS/c1-4-11(3)15-14(10-20)21-16(18-15)19(5-2)13-8-6-7-12(17)9-13/h6-11H,4-5H2,1-3H3. The topological polar surface area (TPSA) is 33.2 Å². The number of carbonyl (C=O) groups excluding carboxylic acids is 1. The molecule has 1 heterocycles. The van der Waals surface area contributed by atoms with Crippen LogP contribution in [0.2, 0.25) is 0 Å². The van der Waals surface area contributed by atoms with Gasteiger partial charge in [-0.1, -0.05) is 31.3 Å². The molecular formula is C16H19FN2OS. The maximum Gasteiger partial charge on any atom is 0.190 e. The van der Waals surface area contributed by atoms with Crippen LogP contribution in [0.5, 0.6) is 0 Å². The maximum atomic E-state index is 13.4. The van der Waals surface area contributed by atoms with Gasteiger partial charge in [0.2, 0.25) is 0 Å². The van der Waals surface area contributed by atoms with Gasteiger partial charge in [0, 0.05) is 12.2 Å². The Morgan fingerprint density at radius 1 is 1.43 bits per heavy atom. The second-order valence-corrected chi connectivity index (χ2v) is 5.91. The van der Waals surface area contributed by atoms with Crippen molar-refractivity contribution in [2.24, 2.45) is 0 Å². The van der Waals surface area contributed by atoms with Gasteiger partial charge in [0.1, 0.15) is 5.82 Å². The van der Waals surface area contributed by atoms with Crippen LogP contribution in [0.15, 0.2) is 24.3 Å². The first-order valence-electron chi connectivity index (χ1n) is 7.09. The fraction of sp³-hybridized carbons (Fsp3) is 0.375. The Bertz CT molecular complexity index is 626. The SMILES string of the molecule is CCC(C)c1nc(N(CC)c2cccc(F)c2)sc1C=O. The van der Waals surface area contributed by atoms with Crippen molar-refractivity contribution in [1.82, 2.24) is 4.98 Å². The van der Waals surface area contributed by atoms with Crippen LogP contribution in [-0.2, 0) is 0 Å². The molecule has 1 atom stereocenters. The number of thiazole rings is 1. The summed E-state index contributed by atoms with van der Waals surface area (Å²) in [5.41, 5.74) is 1.58. The highest BCUT2D eigenvalue weighted by atomic mass is 32.1. The summed E-state index contributed by atoms with van der Waals surface area (Å²) in [7, 11) is 0. The minimum atomic E-state index is -0.278. The highest BCUT2D eigenvalue weighted by Gasteiger charge is 2.19. The molecule has 0 aliphatic carbocycles. The van der Waals surface area contributed by atoms with Crippen LogP contribution in [0, 0.1) is 5.82 Å². The number of rotatable bonds is 6. The van der Waals surface area contributed by atoms with Crippen LogP contribution in [0.1, 0.15) is 48.5 Å². The first-order valence-corrected chi connectivity index (χ1v) is 7.91. The van der Waals surface area contributed by atoms with Crippen molar-refractivity contribution in [2.75, 3.05) is 11.4 Å². The summed E-state index contributed by atoms with van der Waals surface area (Å²) in [5.74, 6) is -0.0401. The third kappa shape index (κ3) is 3.29.